The van der Waals surface area contributed by atoms with Crippen molar-refractivity contribution >= 4 is 11.5 Å². The molecule has 2 aromatic heterocycles. The minimum atomic E-state index is 0.0663. The minimum absolute atomic E-state index is 0.0663. The molecule has 13 heavy (non-hydrogen) atoms. The second-order valence-electron chi connectivity index (χ2n) is 2.75. The third kappa shape index (κ3) is 1.20. The Morgan fingerprint density at radius 2 is 2.38 bits per heavy atom. The number of rotatable bonds is 2. The molecule has 0 aliphatic heterocycles. The van der Waals surface area contributed by atoms with E-state index in [2.05, 4.69) is 10.3 Å². The van der Waals surface area contributed by atoms with Crippen molar-refractivity contribution in [2.75, 3.05) is 11.9 Å². The quantitative estimate of drug-likeness (QED) is 0.730. The molecular weight excluding hydrogens is 166 g/mol. The largest absolute Gasteiger partial charge is 0.492 e. The van der Waals surface area contributed by atoms with E-state index in [1.807, 2.05) is 35.7 Å². The molecule has 0 spiro atoms. The molecule has 0 aromatic carbocycles. The number of hydrogen-bond acceptors (Lipinski definition) is 3. The summed E-state index contributed by atoms with van der Waals surface area (Å²) in [6.07, 6.45) is 1.86. The topological polar surface area (TPSA) is 49.6 Å². The second-order valence-corrected chi connectivity index (χ2v) is 2.75. The maximum Gasteiger partial charge on any atom is 0.239 e. The highest BCUT2D eigenvalue weighted by Gasteiger charge is 2.06. The molecule has 68 valence electrons. The lowest BCUT2D eigenvalue weighted by atomic mass is 10.4. The predicted octanol–water partition coefficient (Wildman–Crippen LogP) is 1.47. The Hall–Kier alpha value is -1.71. The van der Waals surface area contributed by atoms with E-state index in [4.69, 9.17) is 0 Å². The minimum Gasteiger partial charge on any atom is -0.492 e. The van der Waals surface area contributed by atoms with Gasteiger partial charge in [-0.3, -0.25) is 4.40 Å². The molecule has 0 radical (unpaired) electrons. The lowest BCUT2D eigenvalue weighted by Gasteiger charge is -1.99. The van der Waals surface area contributed by atoms with Gasteiger partial charge >= 0.3 is 0 Å². The monoisotopic (exact) mass is 177 g/mol. The summed E-state index contributed by atoms with van der Waals surface area (Å²) in [5.74, 6) is 0.743. The summed E-state index contributed by atoms with van der Waals surface area (Å²) in [6.45, 7) is 2.77. The van der Waals surface area contributed by atoms with E-state index in [0.29, 0.717) is 5.95 Å². The Kier molecular flexibility index (Phi) is 1.81. The molecule has 0 aliphatic rings. The average Bonchev–Trinajstić information content (AvgIpc) is 2.46. The van der Waals surface area contributed by atoms with Crippen LogP contribution in [0.2, 0.25) is 0 Å². The number of imidazole rings is 1. The predicted molar refractivity (Wildman–Crippen MR) is 51.0 cm³/mol. The van der Waals surface area contributed by atoms with Gasteiger partial charge in [-0.2, -0.15) is 4.98 Å². The van der Waals surface area contributed by atoms with Crippen LogP contribution >= 0.6 is 0 Å². The van der Waals surface area contributed by atoms with Gasteiger partial charge in [-0.05, 0) is 19.1 Å². The first kappa shape index (κ1) is 7.91. The van der Waals surface area contributed by atoms with Crippen molar-refractivity contribution in [1.82, 2.24) is 9.38 Å². The molecule has 4 heteroatoms. The van der Waals surface area contributed by atoms with E-state index >= 15 is 0 Å². The van der Waals surface area contributed by atoms with Crippen LogP contribution in [-0.2, 0) is 0 Å². The van der Waals surface area contributed by atoms with Gasteiger partial charge in [0.25, 0.3) is 0 Å². The van der Waals surface area contributed by atoms with Crippen LogP contribution in [-0.4, -0.2) is 21.0 Å². The third-order valence-electron chi connectivity index (χ3n) is 1.86. The van der Waals surface area contributed by atoms with Gasteiger partial charge in [0.1, 0.15) is 5.52 Å². The van der Waals surface area contributed by atoms with Crippen molar-refractivity contribution in [3.05, 3.63) is 24.4 Å². The zero-order chi connectivity index (χ0) is 9.26. The number of nitrogens with one attached hydrogen (secondary N) is 1. The van der Waals surface area contributed by atoms with Gasteiger partial charge in [0, 0.05) is 12.7 Å². The molecular formula is C9H11N3O. The molecule has 0 atom stereocenters. The molecule has 4 nitrogen and oxygen atoms in total. The smallest absolute Gasteiger partial charge is 0.239 e. The van der Waals surface area contributed by atoms with Crippen LogP contribution < -0.4 is 5.32 Å². The van der Waals surface area contributed by atoms with Crippen LogP contribution in [0.15, 0.2) is 24.4 Å². The highest BCUT2D eigenvalue weighted by molar-refractivity contribution is 5.61. The lowest BCUT2D eigenvalue weighted by Crippen LogP contribution is -2.00. The molecule has 0 unspecified atom stereocenters. The first-order valence-electron chi connectivity index (χ1n) is 4.23. The summed E-state index contributed by atoms with van der Waals surface area (Å²) in [7, 11) is 0. The Bertz CT molecular complexity index is 422. The number of hydrogen-bond donors (Lipinski definition) is 2. The standard InChI is InChI=1S/C9H11N3O/c1-2-10-9-11-8(13)7-5-3-4-6-12(7)9/h3-6,13H,2H2,1H3,(H,10,11). The number of anilines is 1. The highest BCUT2D eigenvalue weighted by atomic mass is 16.3. The normalized spacial score (nSPS) is 10.5. The molecule has 0 amide bonds. The Morgan fingerprint density at radius 1 is 1.54 bits per heavy atom. The molecule has 2 rings (SSSR count). The Labute approximate surface area is 75.8 Å². The van der Waals surface area contributed by atoms with Crippen LogP contribution in [0.5, 0.6) is 5.88 Å². The first-order valence-corrected chi connectivity index (χ1v) is 4.23. The van der Waals surface area contributed by atoms with E-state index in [0.717, 1.165) is 12.1 Å². The fourth-order valence-electron chi connectivity index (χ4n) is 1.30. The van der Waals surface area contributed by atoms with Gasteiger partial charge in [0.2, 0.25) is 11.8 Å². The van der Waals surface area contributed by atoms with Crippen molar-refractivity contribution in [1.29, 1.82) is 0 Å². The van der Waals surface area contributed by atoms with Crippen LogP contribution in [0.1, 0.15) is 6.92 Å². The molecule has 2 N–H and O–H groups in total. The molecule has 0 saturated carbocycles. The van der Waals surface area contributed by atoms with Gasteiger partial charge in [-0.1, -0.05) is 6.07 Å². The molecule has 0 bridgehead atoms. The molecule has 0 aliphatic carbocycles. The third-order valence-corrected chi connectivity index (χ3v) is 1.86. The first-order chi connectivity index (χ1) is 6.33. The van der Waals surface area contributed by atoms with Crippen molar-refractivity contribution in [3.8, 4) is 5.88 Å². The van der Waals surface area contributed by atoms with Crippen molar-refractivity contribution < 1.29 is 5.11 Å². The average molecular weight is 177 g/mol. The Morgan fingerprint density at radius 3 is 3.15 bits per heavy atom. The molecule has 2 heterocycles. The summed E-state index contributed by atoms with van der Waals surface area (Å²) in [5, 5.41) is 12.5. The molecule has 0 fully saturated rings. The number of fused-ring (bicyclic) bond motifs is 1. The number of aromatic hydroxyl groups is 1. The summed E-state index contributed by atoms with van der Waals surface area (Å²) < 4.78 is 1.82. The van der Waals surface area contributed by atoms with Crippen molar-refractivity contribution in [2.45, 2.75) is 6.92 Å². The zero-order valence-corrected chi connectivity index (χ0v) is 7.36. The van der Waals surface area contributed by atoms with E-state index < -0.39 is 0 Å². The lowest BCUT2D eigenvalue weighted by molar-refractivity contribution is 0.463. The van der Waals surface area contributed by atoms with Gasteiger partial charge in [0.05, 0.1) is 0 Å². The highest BCUT2D eigenvalue weighted by Crippen LogP contribution is 2.21. The van der Waals surface area contributed by atoms with E-state index in [1.54, 1.807) is 0 Å². The van der Waals surface area contributed by atoms with E-state index in [-0.39, 0.29) is 5.88 Å². The molecule has 2 aromatic rings. The van der Waals surface area contributed by atoms with Crippen LogP contribution in [0.3, 0.4) is 0 Å². The number of nitrogens with zero attached hydrogens (tertiary/aromatic N) is 2. The summed E-state index contributed by atoms with van der Waals surface area (Å²) in [6, 6.07) is 5.59. The maximum atomic E-state index is 9.45. The summed E-state index contributed by atoms with van der Waals surface area (Å²) in [4.78, 5) is 3.99. The van der Waals surface area contributed by atoms with Crippen molar-refractivity contribution in [2.24, 2.45) is 0 Å². The van der Waals surface area contributed by atoms with Gasteiger partial charge < -0.3 is 10.4 Å². The zero-order valence-electron chi connectivity index (χ0n) is 7.36. The Balaban J connectivity index is 2.63. The molecule has 0 saturated heterocycles. The van der Waals surface area contributed by atoms with E-state index in [9.17, 15) is 5.11 Å². The summed E-state index contributed by atoms with van der Waals surface area (Å²) in [5.41, 5.74) is 0.721. The number of aromatic nitrogens is 2. The fraction of sp³-hybridized carbons (Fsp3) is 0.222. The van der Waals surface area contributed by atoms with E-state index in [1.165, 1.54) is 0 Å². The maximum absolute atomic E-state index is 9.45. The van der Waals surface area contributed by atoms with Crippen LogP contribution in [0, 0.1) is 0 Å². The van der Waals surface area contributed by atoms with Crippen LogP contribution in [0.4, 0.5) is 5.95 Å². The second kappa shape index (κ2) is 2.97. The van der Waals surface area contributed by atoms with Crippen LogP contribution in [0.25, 0.3) is 5.52 Å². The fourth-order valence-corrected chi connectivity index (χ4v) is 1.30. The van der Waals surface area contributed by atoms with Crippen molar-refractivity contribution in [3.63, 3.8) is 0 Å². The summed E-state index contributed by atoms with van der Waals surface area (Å²) >= 11 is 0. The van der Waals surface area contributed by atoms with Gasteiger partial charge in [-0.25, -0.2) is 0 Å². The van der Waals surface area contributed by atoms with Gasteiger partial charge in [-0.15, -0.1) is 0 Å². The number of pyridine rings is 1. The van der Waals surface area contributed by atoms with Gasteiger partial charge in [0.15, 0.2) is 0 Å². The SMILES string of the molecule is CCNc1nc(O)c2ccccn12.